The van der Waals surface area contributed by atoms with Crippen molar-refractivity contribution >= 4 is 0 Å². The van der Waals surface area contributed by atoms with Gasteiger partial charge in [-0.25, -0.2) is 0 Å². The van der Waals surface area contributed by atoms with E-state index in [0.29, 0.717) is 0 Å². The molecule has 1 atom stereocenters. The molecule has 16 heavy (non-hydrogen) atoms. The Hall–Kier alpha value is -0.900. The predicted molar refractivity (Wildman–Crippen MR) is 63.1 cm³/mol. The van der Waals surface area contributed by atoms with Gasteiger partial charge >= 0.3 is 0 Å². The Kier molecular flexibility index (Phi) is 3.59. The molecule has 1 aliphatic heterocycles. The van der Waals surface area contributed by atoms with E-state index in [1.54, 1.807) is 7.11 Å². The van der Waals surface area contributed by atoms with Crippen molar-refractivity contribution in [2.75, 3.05) is 26.8 Å². The summed E-state index contributed by atoms with van der Waals surface area (Å²) in [5.41, 5.74) is 1.34. The Labute approximate surface area is 97.0 Å². The number of morpholine rings is 1. The minimum atomic E-state index is -0.451. The largest absolute Gasteiger partial charge is 0.352 e. The number of hydrogen-bond acceptors (Lipinski definition) is 3. The molecule has 0 amide bonds. The van der Waals surface area contributed by atoms with Crippen LogP contribution in [0.5, 0.6) is 0 Å². The van der Waals surface area contributed by atoms with Gasteiger partial charge in [0.1, 0.15) is 0 Å². The highest BCUT2D eigenvalue weighted by Crippen LogP contribution is 2.19. The van der Waals surface area contributed by atoms with Gasteiger partial charge in [-0.2, -0.15) is 0 Å². The van der Waals surface area contributed by atoms with E-state index in [1.807, 2.05) is 13.0 Å². The lowest BCUT2D eigenvalue weighted by Gasteiger charge is -2.39. The fourth-order valence-electron chi connectivity index (χ4n) is 2.02. The van der Waals surface area contributed by atoms with Crippen LogP contribution in [0, 0.1) is 0 Å². The van der Waals surface area contributed by atoms with Crippen LogP contribution < -0.4 is 0 Å². The van der Waals surface area contributed by atoms with Crippen molar-refractivity contribution in [3.63, 3.8) is 0 Å². The Morgan fingerprint density at radius 1 is 1.38 bits per heavy atom. The minimum Gasteiger partial charge on any atom is -0.352 e. The Morgan fingerprint density at radius 3 is 2.81 bits per heavy atom. The zero-order valence-electron chi connectivity index (χ0n) is 9.98. The summed E-state index contributed by atoms with van der Waals surface area (Å²) in [5, 5.41) is 0. The van der Waals surface area contributed by atoms with E-state index in [2.05, 4.69) is 29.2 Å². The quantitative estimate of drug-likeness (QED) is 0.778. The third-order valence-corrected chi connectivity index (χ3v) is 3.01. The number of ether oxygens (including phenoxy) is 2. The van der Waals surface area contributed by atoms with E-state index in [0.717, 1.165) is 26.2 Å². The number of methoxy groups -OCH3 is 1. The summed E-state index contributed by atoms with van der Waals surface area (Å²) in [7, 11) is 1.70. The maximum Gasteiger partial charge on any atom is 0.177 e. The van der Waals surface area contributed by atoms with Crippen molar-refractivity contribution in [3.05, 3.63) is 35.9 Å². The van der Waals surface area contributed by atoms with Crippen molar-refractivity contribution in [2.24, 2.45) is 0 Å². The number of hydrogen-bond donors (Lipinski definition) is 0. The van der Waals surface area contributed by atoms with Crippen molar-refractivity contribution < 1.29 is 9.47 Å². The van der Waals surface area contributed by atoms with Crippen LogP contribution in [0.25, 0.3) is 0 Å². The highest BCUT2D eigenvalue weighted by atomic mass is 16.7. The average Bonchev–Trinajstić information content (AvgIpc) is 2.30. The molecule has 1 aromatic rings. The topological polar surface area (TPSA) is 21.7 Å². The van der Waals surface area contributed by atoms with E-state index in [4.69, 9.17) is 9.47 Å². The molecule has 0 saturated carbocycles. The van der Waals surface area contributed by atoms with Gasteiger partial charge in [0.05, 0.1) is 13.2 Å². The molecule has 0 aliphatic carbocycles. The van der Waals surface area contributed by atoms with Crippen LogP contribution in [0.1, 0.15) is 12.5 Å². The lowest BCUT2D eigenvalue weighted by molar-refractivity contribution is -0.244. The third kappa shape index (κ3) is 2.82. The monoisotopic (exact) mass is 221 g/mol. The lowest BCUT2D eigenvalue weighted by Crippen LogP contribution is -2.50. The fourth-order valence-corrected chi connectivity index (χ4v) is 2.02. The third-order valence-electron chi connectivity index (χ3n) is 3.01. The van der Waals surface area contributed by atoms with Crippen molar-refractivity contribution in [2.45, 2.75) is 19.3 Å². The molecular weight excluding hydrogens is 202 g/mol. The van der Waals surface area contributed by atoms with E-state index < -0.39 is 5.79 Å². The SMILES string of the molecule is CO[C@]1(C)CN(Cc2ccccc2)CCO1. The molecule has 0 aromatic heterocycles. The van der Waals surface area contributed by atoms with E-state index in [1.165, 1.54) is 5.56 Å². The van der Waals surface area contributed by atoms with E-state index >= 15 is 0 Å². The second-order valence-electron chi connectivity index (χ2n) is 4.38. The van der Waals surface area contributed by atoms with Crippen LogP contribution in [0.15, 0.2) is 30.3 Å². The van der Waals surface area contributed by atoms with Crippen LogP contribution in [0.3, 0.4) is 0 Å². The maximum atomic E-state index is 5.62. The van der Waals surface area contributed by atoms with Gasteiger partial charge in [-0.05, 0) is 12.5 Å². The van der Waals surface area contributed by atoms with Crippen LogP contribution in [-0.4, -0.2) is 37.5 Å². The van der Waals surface area contributed by atoms with E-state index in [-0.39, 0.29) is 0 Å². The van der Waals surface area contributed by atoms with Gasteiger partial charge in [0.25, 0.3) is 0 Å². The highest BCUT2D eigenvalue weighted by molar-refractivity contribution is 5.14. The van der Waals surface area contributed by atoms with E-state index in [9.17, 15) is 0 Å². The second kappa shape index (κ2) is 4.95. The van der Waals surface area contributed by atoms with Gasteiger partial charge in [-0.1, -0.05) is 30.3 Å². The van der Waals surface area contributed by atoms with Gasteiger partial charge in [0.15, 0.2) is 5.79 Å². The van der Waals surface area contributed by atoms with Crippen LogP contribution in [0.2, 0.25) is 0 Å². The minimum absolute atomic E-state index is 0.451. The molecule has 88 valence electrons. The molecule has 1 saturated heterocycles. The summed E-state index contributed by atoms with van der Waals surface area (Å²) in [6.45, 7) is 5.47. The summed E-state index contributed by atoms with van der Waals surface area (Å²) in [6, 6.07) is 10.5. The summed E-state index contributed by atoms with van der Waals surface area (Å²) in [6.07, 6.45) is 0. The van der Waals surface area contributed by atoms with Crippen molar-refractivity contribution in [3.8, 4) is 0 Å². The lowest BCUT2D eigenvalue weighted by atomic mass is 10.2. The van der Waals surface area contributed by atoms with Gasteiger partial charge in [0.2, 0.25) is 0 Å². The van der Waals surface area contributed by atoms with Crippen LogP contribution >= 0.6 is 0 Å². The maximum absolute atomic E-state index is 5.62. The standard InChI is InChI=1S/C13H19NO2/c1-13(15-2)11-14(8-9-16-13)10-12-6-4-3-5-7-12/h3-7H,8-11H2,1-2H3/t13-/m0/s1. The molecule has 3 heteroatoms. The first kappa shape index (κ1) is 11.6. The average molecular weight is 221 g/mol. The van der Waals surface area contributed by atoms with Crippen molar-refractivity contribution in [1.29, 1.82) is 0 Å². The molecule has 3 nitrogen and oxygen atoms in total. The van der Waals surface area contributed by atoms with Gasteiger partial charge in [0, 0.05) is 20.2 Å². The summed E-state index contributed by atoms with van der Waals surface area (Å²) in [5.74, 6) is -0.451. The molecule has 1 heterocycles. The number of benzene rings is 1. The first-order valence-corrected chi connectivity index (χ1v) is 5.67. The molecule has 1 aliphatic rings. The number of nitrogens with zero attached hydrogens (tertiary/aromatic N) is 1. The summed E-state index contributed by atoms with van der Waals surface area (Å²) >= 11 is 0. The molecule has 2 rings (SSSR count). The molecule has 0 bridgehead atoms. The first-order valence-electron chi connectivity index (χ1n) is 5.67. The summed E-state index contributed by atoms with van der Waals surface area (Å²) in [4.78, 5) is 2.36. The van der Waals surface area contributed by atoms with Crippen LogP contribution in [-0.2, 0) is 16.0 Å². The second-order valence-corrected chi connectivity index (χ2v) is 4.38. The van der Waals surface area contributed by atoms with Gasteiger partial charge in [-0.3, -0.25) is 4.90 Å². The normalized spacial score (nSPS) is 26.9. The predicted octanol–water partition coefficient (Wildman–Crippen LogP) is 1.88. The Morgan fingerprint density at radius 2 is 2.12 bits per heavy atom. The molecule has 0 N–H and O–H groups in total. The molecule has 0 spiro atoms. The molecule has 0 radical (unpaired) electrons. The Balaban J connectivity index is 1.96. The zero-order chi connectivity index (χ0) is 11.4. The highest BCUT2D eigenvalue weighted by Gasteiger charge is 2.31. The van der Waals surface area contributed by atoms with Gasteiger partial charge in [-0.15, -0.1) is 0 Å². The smallest absolute Gasteiger partial charge is 0.177 e. The molecule has 0 unspecified atom stereocenters. The van der Waals surface area contributed by atoms with Gasteiger partial charge < -0.3 is 9.47 Å². The fraction of sp³-hybridized carbons (Fsp3) is 0.538. The Bertz CT molecular complexity index is 328. The number of rotatable bonds is 3. The zero-order valence-corrected chi connectivity index (χ0v) is 9.98. The summed E-state index contributed by atoms with van der Waals surface area (Å²) < 4.78 is 11.0. The van der Waals surface area contributed by atoms with Crippen molar-refractivity contribution in [1.82, 2.24) is 4.90 Å². The first-order chi connectivity index (χ1) is 7.72. The molecule has 1 fully saturated rings. The molecule has 1 aromatic carbocycles. The molecular formula is C13H19NO2. The van der Waals surface area contributed by atoms with Crippen LogP contribution in [0.4, 0.5) is 0 Å².